The van der Waals surface area contributed by atoms with Crippen LogP contribution in [0.3, 0.4) is 0 Å². The highest BCUT2D eigenvalue weighted by molar-refractivity contribution is 5.99. The summed E-state index contributed by atoms with van der Waals surface area (Å²) in [4.78, 5) is 24.4. The molecule has 1 fully saturated rings. The van der Waals surface area contributed by atoms with Gasteiger partial charge < -0.3 is 16.2 Å². The second kappa shape index (κ2) is 6.27. The fourth-order valence-corrected chi connectivity index (χ4v) is 2.46. The summed E-state index contributed by atoms with van der Waals surface area (Å²) in [5, 5.41) is 11.9. The van der Waals surface area contributed by atoms with E-state index in [9.17, 15) is 9.59 Å². The standard InChI is InChI=1S/C14H19N3O3/c15-11-7-3-4-8-12(11)17(9-13(18)19)14(20)16-10-5-1-2-6-10/h3-4,7-8,10H,1-2,5-6,9,15H2,(H,16,20)(H,18,19). The van der Waals surface area contributed by atoms with Gasteiger partial charge in [-0.2, -0.15) is 0 Å². The number of anilines is 2. The van der Waals surface area contributed by atoms with Crippen molar-refractivity contribution in [3.63, 3.8) is 0 Å². The molecule has 0 radical (unpaired) electrons. The first-order chi connectivity index (χ1) is 9.58. The van der Waals surface area contributed by atoms with Gasteiger partial charge in [-0.1, -0.05) is 25.0 Å². The van der Waals surface area contributed by atoms with Gasteiger partial charge in [0.05, 0.1) is 11.4 Å². The van der Waals surface area contributed by atoms with Crippen LogP contribution in [0.2, 0.25) is 0 Å². The molecule has 0 aliphatic heterocycles. The van der Waals surface area contributed by atoms with E-state index in [1.165, 1.54) is 4.90 Å². The third-order valence-corrected chi connectivity index (χ3v) is 3.45. The molecule has 0 aromatic heterocycles. The van der Waals surface area contributed by atoms with Crippen LogP contribution in [0.15, 0.2) is 24.3 Å². The van der Waals surface area contributed by atoms with Gasteiger partial charge in [0.2, 0.25) is 0 Å². The van der Waals surface area contributed by atoms with Gasteiger partial charge in [0.25, 0.3) is 0 Å². The number of para-hydroxylation sites is 2. The van der Waals surface area contributed by atoms with E-state index in [2.05, 4.69) is 5.32 Å². The number of nitrogen functional groups attached to an aromatic ring is 1. The number of amides is 2. The number of rotatable bonds is 4. The maximum atomic E-state index is 12.3. The first-order valence-electron chi connectivity index (χ1n) is 6.72. The van der Waals surface area contributed by atoms with E-state index in [4.69, 9.17) is 10.8 Å². The number of carboxylic acid groups (broad SMARTS) is 1. The van der Waals surface area contributed by atoms with E-state index in [1.807, 2.05) is 0 Å². The Kier molecular flexibility index (Phi) is 4.45. The normalized spacial score (nSPS) is 15.0. The highest BCUT2D eigenvalue weighted by Crippen LogP contribution is 2.23. The van der Waals surface area contributed by atoms with E-state index < -0.39 is 18.5 Å². The van der Waals surface area contributed by atoms with Crippen molar-refractivity contribution in [2.45, 2.75) is 31.7 Å². The Labute approximate surface area is 117 Å². The molecular formula is C14H19N3O3. The van der Waals surface area contributed by atoms with Gasteiger partial charge >= 0.3 is 12.0 Å². The van der Waals surface area contributed by atoms with Crippen molar-refractivity contribution in [3.8, 4) is 0 Å². The highest BCUT2D eigenvalue weighted by atomic mass is 16.4. The van der Waals surface area contributed by atoms with Gasteiger partial charge in [-0.25, -0.2) is 4.79 Å². The largest absolute Gasteiger partial charge is 0.480 e. The minimum absolute atomic E-state index is 0.128. The molecule has 6 nitrogen and oxygen atoms in total. The average molecular weight is 277 g/mol. The predicted octanol–water partition coefficient (Wildman–Crippen LogP) is 1.81. The number of aliphatic carboxylic acids is 1. The van der Waals surface area contributed by atoms with Crippen LogP contribution in [-0.2, 0) is 4.79 Å². The van der Waals surface area contributed by atoms with E-state index in [1.54, 1.807) is 24.3 Å². The zero-order valence-corrected chi connectivity index (χ0v) is 11.2. The number of nitrogens with zero attached hydrogens (tertiary/aromatic N) is 1. The minimum atomic E-state index is -1.07. The Morgan fingerprint density at radius 1 is 1.30 bits per heavy atom. The van der Waals surface area contributed by atoms with Gasteiger partial charge in [0.1, 0.15) is 6.54 Å². The molecule has 1 aliphatic carbocycles. The van der Waals surface area contributed by atoms with Crippen LogP contribution in [-0.4, -0.2) is 29.7 Å². The van der Waals surface area contributed by atoms with E-state index in [-0.39, 0.29) is 6.04 Å². The molecule has 4 N–H and O–H groups in total. The van der Waals surface area contributed by atoms with Crippen LogP contribution in [0.4, 0.5) is 16.2 Å². The second-order valence-corrected chi connectivity index (χ2v) is 4.97. The van der Waals surface area contributed by atoms with Gasteiger partial charge in [-0.3, -0.25) is 9.69 Å². The quantitative estimate of drug-likeness (QED) is 0.731. The molecular weight excluding hydrogens is 258 g/mol. The number of carbonyl (C=O) groups excluding carboxylic acids is 1. The summed E-state index contributed by atoms with van der Waals surface area (Å²) in [5.41, 5.74) is 6.63. The number of nitrogens with one attached hydrogen (secondary N) is 1. The first kappa shape index (κ1) is 14.2. The van der Waals surface area contributed by atoms with Crippen LogP contribution in [0, 0.1) is 0 Å². The Morgan fingerprint density at radius 2 is 1.95 bits per heavy atom. The van der Waals surface area contributed by atoms with Gasteiger partial charge in [0, 0.05) is 6.04 Å². The third-order valence-electron chi connectivity index (χ3n) is 3.45. The highest BCUT2D eigenvalue weighted by Gasteiger charge is 2.24. The topological polar surface area (TPSA) is 95.7 Å². The molecule has 2 rings (SSSR count). The Balaban J connectivity index is 2.16. The molecule has 1 aliphatic rings. The maximum Gasteiger partial charge on any atom is 0.323 e. The number of urea groups is 1. The molecule has 1 saturated carbocycles. The van der Waals surface area contributed by atoms with E-state index in [0.29, 0.717) is 11.4 Å². The number of hydrogen-bond donors (Lipinski definition) is 3. The number of benzene rings is 1. The molecule has 0 atom stereocenters. The van der Waals surface area contributed by atoms with Crippen molar-refractivity contribution in [3.05, 3.63) is 24.3 Å². The van der Waals surface area contributed by atoms with E-state index in [0.717, 1.165) is 25.7 Å². The van der Waals surface area contributed by atoms with Crippen molar-refractivity contribution in [2.24, 2.45) is 0 Å². The van der Waals surface area contributed by atoms with Crippen LogP contribution < -0.4 is 16.0 Å². The zero-order chi connectivity index (χ0) is 14.5. The summed E-state index contributed by atoms with van der Waals surface area (Å²) in [6.45, 7) is -0.410. The molecule has 0 bridgehead atoms. The lowest BCUT2D eigenvalue weighted by molar-refractivity contribution is -0.135. The van der Waals surface area contributed by atoms with Gasteiger partial charge in [-0.15, -0.1) is 0 Å². The van der Waals surface area contributed by atoms with Crippen molar-refractivity contribution < 1.29 is 14.7 Å². The SMILES string of the molecule is Nc1ccccc1N(CC(=O)O)C(=O)NC1CCCC1. The smallest absolute Gasteiger partial charge is 0.323 e. The fraction of sp³-hybridized carbons (Fsp3) is 0.429. The van der Waals surface area contributed by atoms with Crippen molar-refractivity contribution >= 4 is 23.4 Å². The van der Waals surface area contributed by atoms with Crippen molar-refractivity contribution in [1.82, 2.24) is 5.32 Å². The molecule has 0 heterocycles. The molecule has 0 saturated heterocycles. The van der Waals surface area contributed by atoms with Crippen LogP contribution in [0.5, 0.6) is 0 Å². The van der Waals surface area contributed by atoms with Crippen molar-refractivity contribution in [1.29, 1.82) is 0 Å². The summed E-state index contributed by atoms with van der Waals surface area (Å²) in [6.07, 6.45) is 4.07. The molecule has 1 aromatic carbocycles. The van der Waals surface area contributed by atoms with Crippen LogP contribution in [0.25, 0.3) is 0 Å². The lowest BCUT2D eigenvalue weighted by atomic mass is 10.2. The second-order valence-electron chi connectivity index (χ2n) is 4.97. The Bertz CT molecular complexity index is 498. The molecule has 20 heavy (non-hydrogen) atoms. The van der Waals surface area contributed by atoms with E-state index >= 15 is 0 Å². The Morgan fingerprint density at radius 3 is 2.55 bits per heavy atom. The summed E-state index contributed by atoms with van der Waals surface area (Å²) < 4.78 is 0. The van der Waals surface area contributed by atoms with Gasteiger partial charge in [-0.05, 0) is 25.0 Å². The van der Waals surface area contributed by atoms with Crippen molar-refractivity contribution in [2.75, 3.05) is 17.2 Å². The number of hydrogen-bond acceptors (Lipinski definition) is 3. The first-order valence-corrected chi connectivity index (χ1v) is 6.72. The minimum Gasteiger partial charge on any atom is -0.480 e. The zero-order valence-electron chi connectivity index (χ0n) is 11.2. The number of carboxylic acids is 1. The third kappa shape index (κ3) is 3.40. The molecule has 2 amide bonds. The maximum absolute atomic E-state index is 12.3. The number of nitrogens with two attached hydrogens (primary N) is 1. The van der Waals surface area contributed by atoms with Gasteiger partial charge in [0.15, 0.2) is 0 Å². The van der Waals surface area contributed by atoms with Crippen LogP contribution in [0.1, 0.15) is 25.7 Å². The molecule has 6 heteroatoms. The molecule has 1 aromatic rings. The summed E-state index contributed by atoms with van der Waals surface area (Å²) in [7, 11) is 0. The average Bonchev–Trinajstić information content (AvgIpc) is 2.89. The molecule has 0 spiro atoms. The Hall–Kier alpha value is -2.24. The van der Waals surface area contributed by atoms with Crippen LogP contribution >= 0.6 is 0 Å². The summed E-state index contributed by atoms with van der Waals surface area (Å²) in [5.74, 6) is -1.07. The summed E-state index contributed by atoms with van der Waals surface area (Å²) >= 11 is 0. The lowest BCUT2D eigenvalue weighted by Crippen LogP contribution is -2.46. The summed E-state index contributed by atoms with van der Waals surface area (Å²) in [6, 6.07) is 6.48. The fourth-order valence-electron chi connectivity index (χ4n) is 2.46. The number of carbonyl (C=O) groups is 2. The lowest BCUT2D eigenvalue weighted by Gasteiger charge is -2.24. The predicted molar refractivity (Wildman–Crippen MR) is 76.6 cm³/mol. The monoisotopic (exact) mass is 277 g/mol. The molecule has 0 unspecified atom stereocenters. The molecule has 108 valence electrons.